The van der Waals surface area contributed by atoms with Gasteiger partial charge in [-0.25, -0.2) is 8.42 Å². The number of hydrogen-bond donors (Lipinski definition) is 1. The first-order chi connectivity index (χ1) is 12.5. The van der Waals surface area contributed by atoms with E-state index in [4.69, 9.17) is 4.74 Å². The normalized spacial score (nSPS) is 23.2. The Kier molecular flexibility index (Phi) is 5.00. The molecule has 142 valence electrons. The Morgan fingerprint density at radius 1 is 1.15 bits per heavy atom. The van der Waals surface area contributed by atoms with E-state index in [-0.39, 0.29) is 22.9 Å². The number of benzene rings is 1. The molecule has 4 rings (SSSR count). The third kappa shape index (κ3) is 3.51. The van der Waals surface area contributed by atoms with Gasteiger partial charge < -0.3 is 10.1 Å². The molecule has 0 atom stereocenters. The predicted molar refractivity (Wildman–Crippen MR) is 96.5 cm³/mol. The molecule has 0 bridgehead atoms. The average Bonchev–Trinajstić information content (AvgIpc) is 2.57. The fourth-order valence-corrected chi connectivity index (χ4v) is 5.12. The van der Waals surface area contributed by atoms with Gasteiger partial charge in [-0.3, -0.25) is 9.69 Å². The van der Waals surface area contributed by atoms with Crippen molar-refractivity contribution in [3.8, 4) is 0 Å². The van der Waals surface area contributed by atoms with Crippen LogP contribution in [0, 0.1) is 0 Å². The first kappa shape index (κ1) is 17.9. The molecule has 3 aliphatic rings. The molecule has 0 spiro atoms. The standard InChI is InChI=1S/C18H25N3O4S/c22-18(19-15-4-2-5-15)14-3-1-6-17(11-14)26(23,24)21-12-16(13-21)20-7-9-25-10-8-20/h1,3,6,11,15-16H,2,4-5,7-10,12-13H2,(H,19,22). The highest BCUT2D eigenvalue weighted by Gasteiger charge is 2.40. The highest BCUT2D eigenvalue weighted by Crippen LogP contribution is 2.26. The maximum Gasteiger partial charge on any atom is 0.251 e. The summed E-state index contributed by atoms with van der Waals surface area (Å²) in [4.78, 5) is 14.8. The van der Waals surface area contributed by atoms with Crippen LogP contribution in [0.4, 0.5) is 0 Å². The molecular weight excluding hydrogens is 354 g/mol. The summed E-state index contributed by atoms with van der Waals surface area (Å²) < 4.78 is 32.6. The van der Waals surface area contributed by atoms with Crippen LogP contribution in [0.25, 0.3) is 0 Å². The van der Waals surface area contributed by atoms with Gasteiger partial charge >= 0.3 is 0 Å². The second-order valence-corrected chi connectivity index (χ2v) is 9.19. The number of sulfonamides is 1. The number of morpholine rings is 1. The predicted octanol–water partition coefficient (Wildman–Crippen LogP) is 0.674. The van der Waals surface area contributed by atoms with Crippen LogP contribution in [0.3, 0.4) is 0 Å². The molecule has 2 aliphatic heterocycles. The Morgan fingerprint density at radius 3 is 2.54 bits per heavy atom. The van der Waals surface area contributed by atoms with Crippen molar-refractivity contribution < 1.29 is 17.9 Å². The molecule has 7 nitrogen and oxygen atoms in total. The van der Waals surface area contributed by atoms with Gasteiger partial charge in [-0.15, -0.1) is 0 Å². The van der Waals surface area contributed by atoms with Crippen LogP contribution < -0.4 is 5.32 Å². The largest absolute Gasteiger partial charge is 0.379 e. The van der Waals surface area contributed by atoms with Gasteiger partial charge in [0.1, 0.15) is 0 Å². The molecular formula is C18H25N3O4S. The summed E-state index contributed by atoms with van der Waals surface area (Å²) in [5, 5.41) is 2.95. The van der Waals surface area contributed by atoms with Gasteiger partial charge in [0, 0.05) is 43.8 Å². The Morgan fingerprint density at radius 2 is 1.88 bits per heavy atom. The summed E-state index contributed by atoms with van der Waals surface area (Å²) in [7, 11) is -3.55. The summed E-state index contributed by atoms with van der Waals surface area (Å²) in [5.41, 5.74) is 0.406. The van der Waals surface area contributed by atoms with Gasteiger partial charge in [0.15, 0.2) is 0 Å². The lowest BCUT2D eigenvalue weighted by Crippen LogP contribution is -2.62. The van der Waals surface area contributed by atoms with Crippen LogP contribution in [0.5, 0.6) is 0 Å². The van der Waals surface area contributed by atoms with Gasteiger partial charge in [-0.05, 0) is 37.5 Å². The number of amides is 1. The van der Waals surface area contributed by atoms with Crippen molar-refractivity contribution in [2.75, 3.05) is 39.4 Å². The topological polar surface area (TPSA) is 79.0 Å². The van der Waals surface area contributed by atoms with Crippen LogP contribution in [0.1, 0.15) is 29.6 Å². The second-order valence-electron chi connectivity index (χ2n) is 7.25. The minimum Gasteiger partial charge on any atom is -0.379 e. The zero-order chi connectivity index (χ0) is 18.1. The number of nitrogens with one attached hydrogen (secondary N) is 1. The summed E-state index contributed by atoms with van der Waals surface area (Å²) in [6, 6.07) is 6.86. The lowest BCUT2D eigenvalue weighted by Gasteiger charge is -2.45. The van der Waals surface area contributed by atoms with E-state index in [0.717, 1.165) is 32.4 Å². The van der Waals surface area contributed by atoms with E-state index < -0.39 is 10.0 Å². The zero-order valence-electron chi connectivity index (χ0n) is 14.8. The minimum atomic E-state index is -3.55. The Labute approximate surface area is 154 Å². The lowest BCUT2D eigenvalue weighted by atomic mass is 9.93. The molecule has 1 aromatic carbocycles. The van der Waals surface area contributed by atoms with E-state index in [0.29, 0.717) is 31.9 Å². The quantitative estimate of drug-likeness (QED) is 0.814. The van der Waals surface area contributed by atoms with Gasteiger partial charge in [0.25, 0.3) is 5.91 Å². The molecule has 8 heteroatoms. The van der Waals surface area contributed by atoms with Crippen molar-refractivity contribution in [2.45, 2.75) is 36.2 Å². The molecule has 0 aromatic heterocycles. The number of carbonyl (C=O) groups is 1. The van der Waals surface area contributed by atoms with Crippen LogP contribution in [-0.4, -0.2) is 75.0 Å². The van der Waals surface area contributed by atoms with Crippen LogP contribution in [-0.2, 0) is 14.8 Å². The molecule has 1 amide bonds. The monoisotopic (exact) mass is 379 g/mol. The Hall–Kier alpha value is -1.48. The molecule has 1 N–H and O–H groups in total. The van der Waals surface area contributed by atoms with Crippen molar-refractivity contribution in [2.24, 2.45) is 0 Å². The van der Waals surface area contributed by atoms with E-state index >= 15 is 0 Å². The van der Waals surface area contributed by atoms with E-state index in [9.17, 15) is 13.2 Å². The van der Waals surface area contributed by atoms with Crippen molar-refractivity contribution in [3.63, 3.8) is 0 Å². The van der Waals surface area contributed by atoms with Gasteiger partial charge in [-0.1, -0.05) is 6.07 Å². The molecule has 1 aromatic rings. The van der Waals surface area contributed by atoms with Crippen molar-refractivity contribution >= 4 is 15.9 Å². The summed E-state index contributed by atoms with van der Waals surface area (Å²) >= 11 is 0. The molecule has 2 heterocycles. The molecule has 3 fully saturated rings. The zero-order valence-corrected chi connectivity index (χ0v) is 15.6. The van der Waals surface area contributed by atoms with E-state index in [1.54, 1.807) is 18.2 Å². The van der Waals surface area contributed by atoms with E-state index in [1.165, 1.54) is 10.4 Å². The van der Waals surface area contributed by atoms with Gasteiger partial charge in [0.05, 0.1) is 18.1 Å². The molecule has 0 radical (unpaired) electrons. The van der Waals surface area contributed by atoms with Crippen molar-refractivity contribution in [3.05, 3.63) is 29.8 Å². The number of rotatable bonds is 5. The van der Waals surface area contributed by atoms with Crippen LogP contribution >= 0.6 is 0 Å². The molecule has 0 unspecified atom stereocenters. The smallest absolute Gasteiger partial charge is 0.251 e. The first-order valence-electron chi connectivity index (χ1n) is 9.27. The number of ether oxygens (including phenoxy) is 1. The molecule has 1 aliphatic carbocycles. The molecule has 1 saturated carbocycles. The van der Waals surface area contributed by atoms with Crippen molar-refractivity contribution in [1.82, 2.24) is 14.5 Å². The maximum absolute atomic E-state index is 12.9. The fourth-order valence-electron chi connectivity index (χ4n) is 3.55. The fraction of sp³-hybridized carbons (Fsp3) is 0.611. The van der Waals surface area contributed by atoms with Gasteiger partial charge in [0.2, 0.25) is 10.0 Å². The van der Waals surface area contributed by atoms with E-state index in [2.05, 4.69) is 10.2 Å². The SMILES string of the molecule is O=C(NC1CCC1)c1cccc(S(=O)(=O)N2CC(N3CCOCC3)C2)c1. The van der Waals surface area contributed by atoms with Crippen LogP contribution in [0.15, 0.2) is 29.2 Å². The summed E-state index contributed by atoms with van der Waals surface area (Å²) in [5.74, 6) is -0.193. The average molecular weight is 379 g/mol. The number of hydrogen-bond acceptors (Lipinski definition) is 5. The van der Waals surface area contributed by atoms with E-state index in [1.807, 2.05) is 0 Å². The van der Waals surface area contributed by atoms with Crippen LogP contribution in [0.2, 0.25) is 0 Å². The number of carbonyl (C=O) groups excluding carboxylic acids is 1. The Balaban J connectivity index is 1.41. The highest BCUT2D eigenvalue weighted by atomic mass is 32.2. The Bertz CT molecular complexity index is 766. The first-order valence-corrected chi connectivity index (χ1v) is 10.7. The lowest BCUT2D eigenvalue weighted by molar-refractivity contribution is -0.0116. The minimum absolute atomic E-state index is 0.193. The van der Waals surface area contributed by atoms with Crippen molar-refractivity contribution in [1.29, 1.82) is 0 Å². The highest BCUT2D eigenvalue weighted by molar-refractivity contribution is 7.89. The third-order valence-corrected chi connectivity index (χ3v) is 7.39. The molecule has 2 saturated heterocycles. The van der Waals surface area contributed by atoms with Gasteiger partial charge in [-0.2, -0.15) is 4.31 Å². The maximum atomic E-state index is 12.9. The molecule has 26 heavy (non-hydrogen) atoms. The second kappa shape index (κ2) is 7.26. The summed E-state index contributed by atoms with van der Waals surface area (Å²) in [6.45, 7) is 4.13. The summed E-state index contributed by atoms with van der Waals surface area (Å²) in [6.07, 6.45) is 3.14. The number of nitrogens with zero attached hydrogens (tertiary/aromatic N) is 2. The third-order valence-electron chi connectivity index (χ3n) is 5.57.